The summed E-state index contributed by atoms with van der Waals surface area (Å²) in [7, 11) is 0. The SMILES string of the molecule is CCCC(=O)c1ccn(Cc2nc(C)c(C)s2)c1. The molecule has 4 heteroatoms. The minimum Gasteiger partial charge on any atom is -0.347 e. The van der Waals surface area contributed by atoms with E-state index >= 15 is 0 Å². The van der Waals surface area contributed by atoms with Crippen molar-refractivity contribution < 1.29 is 4.79 Å². The zero-order valence-corrected chi connectivity index (χ0v) is 11.9. The van der Waals surface area contributed by atoms with Crippen molar-refractivity contribution in [3.8, 4) is 0 Å². The van der Waals surface area contributed by atoms with Gasteiger partial charge in [0, 0.05) is 29.3 Å². The molecule has 0 bridgehead atoms. The summed E-state index contributed by atoms with van der Waals surface area (Å²) in [5, 5.41) is 1.09. The highest BCUT2D eigenvalue weighted by molar-refractivity contribution is 7.11. The molecule has 0 aliphatic rings. The fourth-order valence-electron chi connectivity index (χ4n) is 1.84. The Morgan fingerprint density at radius 3 is 2.83 bits per heavy atom. The third-order valence-electron chi connectivity index (χ3n) is 2.94. The molecular weight excluding hydrogens is 244 g/mol. The number of rotatable bonds is 5. The van der Waals surface area contributed by atoms with Crippen LogP contribution in [0.5, 0.6) is 0 Å². The second-order valence-corrected chi connectivity index (χ2v) is 5.78. The normalized spacial score (nSPS) is 10.8. The number of hydrogen-bond acceptors (Lipinski definition) is 3. The number of hydrogen-bond donors (Lipinski definition) is 0. The number of aromatic nitrogens is 2. The maximum Gasteiger partial charge on any atom is 0.164 e. The summed E-state index contributed by atoms with van der Waals surface area (Å²) >= 11 is 1.72. The van der Waals surface area contributed by atoms with Crippen LogP contribution in [-0.4, -0.2) is 15.3 Å². The highest BCUT2D eigenvalue weighted by atomic mass is 32.1. The monoisotopic (exact) mass is 262 g/mol. The number of ketones is 1. The Balaban J connectivity index is 2.09. The fourth-order valence-corrected chi connectivity index (χ4v) is 2.78. The van der Waals surface area contributed by atoms with Crippen molar-refractivity contribution in [3.05, 3.63) is 39.6 Å². The molecule has 2 aromatic rings. The highest BCUT2D eigenvalue weighted by Gasteiger charge is 2.08. The summed E-state index contributed by atoms with van der Waals surface area (Å²) in [6.07, 6.45) is 5.40. The first-order chi connectivity index (χ1) is 8.60. The molecule has 2 rings (SSSR count). The van der Waals surface area contributed by atoms with Crippen molar-refractivity contribution in [2.45, 2.75) is 40.2 Å². The van der Waals surface area contributed by atoms with Crippen molar-refractivity contribution in [1.29, 1.82) is 0 Å². The number of thiazole rings is 1. The molecular formula is C14H18N2OS. The van der Waals surface area contributed by atoms with Gasteiger partial charge in [-0.1, -0.05) is 6.92 Å². The largest absolute Gasteiger partial charge is 0.347 e. The van der Waals surface area contributed by atoms with Crippen molar-refractivity contribution in [3.63, 3.8) is 0 Å². The number of aryl methyl sites for hydroxylation is 2. The van der Waals surface area contributed by atoms with E-state index in [1.165, 1.54) is 4.88 Å². The molecule has 96 valence electrons. The second-order valence-electron chi connectivity index (χ2n) is 4.49. The average molecular weight is 262 g/mol. The quantitative estimate of drug-likeness (QED) is 0.772. The van der Waals surface area contributed by atoms with E-state index in [2.05, 4.69) is 11.9 Å². The van der Waals surface area contributed by atoms with Gasteiger partial charge in [0.2, 0.25) is 0 Å². The molecule has 0 fully saturated rings. The van der Waals surface area contributed by atoms with Crippen LogP contribution >= 0.6 is 11.3 Å². The minimum absolute atomic E-state index is 0.225. The van der Waals surface area contributed by atoms with Gasteiger partial charge in [0.15, 0.2) is 5.78 Å². The van der Waals surface area contributed by atoms with E-state index in [-0.39, 0.29) is 5.78 Å². The number of nitrogens with zero attached hydrogens (tertiary/aromatic N) is 2. The Hall–Kier alpha value is -1.42. The summed E-state index contributed by atoms with van der Waals surface area (Å²) in [4.78, 5) is 17.5. The summed E-state index contributed by atoms with van der Waals surface area (Å²) in [6.45, 7) is 6.89. The molecule has 0 atom stereocenters. The van der Waals surface area contributed by atoms with E-state index in [1.54, 1.807) is 11.3 Å². The Morgan fingerprint density at radius 1 is 1.44 bits per heavy atom. The van der Waals surface area contributed by atoms with Gasteiger partial charge < -0.3 is 4.57 Å². The van der Waals surface area contributed by atoms with Gasteiger partial charge >= 0.3 is 0 Å². The van der Waals surface area contributed by atoms with E-state index in [4.69, 9.17) is 0 Å². The Kier molecular flexibility index (Phi) is 3.97. The maximum absolute atomic E-state index is 11.7. The highest BCUT2D eigenvalue weighted by Crippen LogP contribution is 2.18. The molecule has 0 saturated heterocycles. The zero-order chi connectivity index (χ0) is 13.1. The van der Waals surface area contributed by atoms with Gasteiger partial charge in [-0.15, -0.1) is 11.3 Å². The van der Waals surface area contributed by atoms with Crippen LogP contribution in [0.1, 0.15) is 45.7 Å². The molecule has 3 nitrogen and oxygen atoms in total. The lowest BCUT2D eigenvalue weighted by Gasteiger charge is -1.98. The van der Waals surface area contributed by atoms with E-state index in [1.807, 2.05) is 36.9 Å². The summed E-state index contributed by atoms with van der Waals surface area (Å²) < 4.78 is 2.03. The second kappa shape index (κ2) is 5.48. The van der Waals surface area contributed by atoms with E-state index < -0.39 is 0 Å². The lowest BCUT2D eigenvalue weighted by atomic mass is 10.1. The molecule has 0 saturated carbocycles. The van der Waals surface area contributed by atoms with Crippen LogP contribution in [0.3, 0.4) is 0 Å². The third kappa shape index (κ3) is 2.88. The van der Waals surface area contributed by atoms with E-state index in [9.17, 15) is 4.79 Å². The van der Waals surface area contributed by atoms with Crippen molar-refractivity contribution in [1.82, 2.24) is 9.55 Å². The summed E-state index contributed by atoms with van der Waals surface area (Å²) in [5.41, 5.74) is 1.91. The van der Waals surface area contributed by atoms with Gasteiger partial charge in [0.25, 0.3) is 0 Å². The van der Waals surface area contributed by atoms with Crippen LogP contribution in [0.4, 0.5) is 0 Å². The van der Waals surface area contributed by atoms with Gasteiger partial charge in [-0.2, -0.15) is 0 Å². The Labute approximate surface area is 111 Å². The molecule has 0 N–H and O–H groups in total. The van der Waals surface area contributed by atoms with Crippen LogP contribution in [0.25, 0.3) is 0 Å². The summed E-state index contributed by atoms with van der Waals surface area (Å²) in [6, 6.07) is 1.89. The molecule has 0 aromatic carbocycles. The summed E-state index contributed by atoms with van der Waals surface area (Å²) in [5.74, 6) is 0.225. The smallest absolute Gasteiger partial charge is 0.164 e. The van der Waals surface area contributed by atoms with Gasteiger partial charge in [-0.3, -0.25) is 4.79 Å². The third-order valence-corrected chi connectivity index (χ3v) is 4.00. The van der Waals surface area contributed by atoms with Crippen LogP contribution in [-0.2, 0) is 6.54 Å². The first kappa shape index (κ1) is 13.0. The molecule has 0 unspecified atom stereocenters. The minimum atomic E-state index is 0.225. The molecule has 0 aliphatic heterocycles. The van der Waals surface area contributed by atoms with Crippen LogP contribution in [0.15, 0.2) is 18.5 Å². The number of carbonyl (C=O) groups excluding carboxylic acids is 1. The van der Waals surface area contributed by atoms with Crippen molar-refractivity contribution in [2.24, 2.45) is 0 Å². The molecule has 0 spiro atoms. The fraction of sp³-hybridized carbons (Fsp3) is 0.429. The lowest BCUT2D eigenvalue weighted by molar-refractivity contribution is 0.0981. The molecule has 2 aromatic heterocycles. The van der Waals surface area contributed by atoms with Crippen LogP contribution in [0, 0.1) is 13.8 Å². The number of carbonyl (C=O) groups is 1. The standard InChI is InChI=1S/C14H18N2OS/c1-4-5-13(17)12-6-7-16(8-12)9-14-15-10(2)11(3)18-14/h6-8H,4-5,9H2,1-3H3. The Bertz CT molecular complexity index is 534. The van der Waals surface area contributed by atoms with Crippen LogP contribution < -0.4 is 0 Å². The topological polar surface area (TPSA) is 34.9 Å². The van der Waals surface area contributed by atoms with Crippen molar-refractivity contribution >= 4 is 17.1 Å². The van der Waals surface area contributed by atoms with Gasteiger partial charge in [0.05, 0.1) is 12.2 Å². The van der Waals surface area contributed by atoms with E-state index in [0.717, 1.165) is 29.2 Å². The zero-order valence-electron chi connectivity index (χ0n) is 11.1. The predicted molar refractivity (Wildman–Crippen MR) is 74.4 cm³/mol. The average Bonchev–Trinajstić information content (AvgIpc) is 2.88. The molecule has 0 amide bonds. The van der Waals surface area contributed by atoms with E-state index in [0.29, 0.717) is 6.42 Å². The lowest BCUT2D eigenvalue weighted by Crippen LogP contribution is -1.98. The van der Waals surface area contributed by atoms with Gasteiger partial charge in [-0.25, -0.2) is 4.98 Å². The molecule has 18 heavy (non-hydrogen) atoms. The van der Waals surface area contributed by atoms with Gasteiger partial charge in [0.1, 0.15) is 5.01 Å². The number of Topliss-reactive ketones (excluding diaryl/α,β-unsaturated/α-hetero) is 1. The first-order valence-electron chi connectivity index (χ1n) is 6.22. The van der Waals surface area contributed by atoms with Crippen LogP contribution in [0.2, 0.25) is 0 Å². The van der Waals surface area contributed by atoms with Crippen molar-refractivity contribution in [2.75, 3.05) is 0 Å². The van der Waals surface area contributed by atoms with Gasteiger partial charge in [-0.05, 0) is 26.3 Å². The molecule has 2 heterocycles. The maximum atomic E-state index is 11.7. The molecule has 0 aliphatic carbocycles. The molecule has 0 radical (unpaired) electrons. The predicted octanol–water partition coefficient (Wildman–Crippen LogP) is 3.59. The Morgan fingerprint density at radius 2 is 2.22 bits per heavy atom. The first-order valence-corrected chi connectivity index (χ1v) is 7.03.